The third kappa shape index (κ3) is 6.00. The smallest absolute Gasteiger partial charge is 0.122 e. The Morgan fingerprint density at radius 3 is 2.71 bits per heavy atom. The number of hydrogen-bond donors (Lipinski definition) is 0. The molecule has 0 radical (unpaired) electrons. The highest BCUT2D eigenvalue weighted by Crippen LogP contribution is 2.03. The van der Waals surface area contributed by atoms with Crippen LogP contribution in [0.4, 0.5) is 0 Å². The van der Waals surface area contributed by atoms with E-state index in [-0.39, 0.29) is 6.10 Å². The first-order chi connectivity index (χ1) is 8.36. The summed E-state index contributed by atoms with van der Waals surface area (Å²) in [6, 6.07) is 9.90. The molecule has 0 bridgehead atoms. The zero-order valence-corrected chi connectivity index (χ0v) is 9.88. The van der Waals surface area contributed by atoms with Gasteiger partial charge in [-0.3, -0.25) is 0 Å². The van der Waals surface area contributed by atoms with E-state index in [1.54, 1.807) is 6.08 Å². The van der Waals surface area contributed by atoms with Gasteiger partial charge in [-0.2, -0.15) is 0 Å². The van der Waals surface area contributed by atoms with Crippen LogP contribution in [0.5, 0.6) is 0 Å². The summed E-state index contributed by atoms with van der Waals surface area (Å²) in [6.45, 7) is 4.96. The minimum Gasteiger partial charge on any atom is -0.374 e. The van der Waals surface area contributed by atoms with Crippen molar-refractivity contribution in [1.29, 1.82) is 0 Å². The Morgan fingerprint density at radius 2 is 2.06 bits per heavy atom. The van der Waals surface area contributed by atoms with Crippen molar-refractivity contribution in [1.82, 2.24) is 0 Å². The molecular formula is C14H18O3. The van der Waals surface area contributed by atoms with Crippen molar-refractivity contribution in [2.75, 3.05) is 13.2 Å². The van der Waals surface area contributed by atoms with Crippen molar-refractivity contribution in [2.24, 2.45) is 0 Å². The normalized spacial score (nSPS) is 12.0. The molecule has 17 heavy (non-hydrogen) atoms. The second-order valence-electron chi connectivity index (χ2n) is 3.65. The average molecular weight is 234 g/mol. The van der Waals surface area contributed by atoms with Crippen LogP contribution in [0.15, 0.2) is 43.0 Å². The van der Waals surface area contributed by atoms with Gasteiger partial charge >= 0.3 is 0 Å². The molecule has 1 atom stereocenters. The maximum absolute atomic E-state index is 10.5. The van der Waals surface area contributed by atoms with Gasteiger partial charge in [0.05, 0.1) is 25.9 Å². The lowest BCUT2D eigenvalue weighted by atomic mass is 10.2. The Balaban J connectivity index is 2.26. The molecule has 92 valence electrons. The maximum atomic E-state index is 10.5. The van der Waals surface area contributed by atoms with Crippen LogP contribution in [0.2, 0.25) is 0 Å². The van der Waals surface area contributed by atoms with Crippen molar-refractivity contribution in [3.05, 3.63) is 48.6 Å². The Hall–Kier alpha value is -1.45. The number of ether oxygens (including phenoxy) is 2. The lowest BCUT2D eigenvalue weighted by Gasteiger charge is -2.14. The molecule has 1 aromatic carbocycles. The fraction of sp³-hybridized carbons (Fsp3) is 0.357. The van der Waals surface area contributed by atoms with Crippen LogP contribution >= 0.6 is 0 Å². The highest BCUT2D eigenvalue weighted by Gasteiger charge is 2.07. The Labute approximate surface area is 102 Å². The average Bonchev–Trinajstić information content (AvgIpc) is 2.37. The topological polar surface area (TPSA) is 35.5 Å². The second-order valence-corrected chi connectivity index (χ2v) is 3.65. The third-order valence-electron chi connectivity index (χ3n) is 2.22. The SMILES string of the molecule is C=CCO[C@@H](CC=O)COCc1ccccc1. The van der Waals surface area contributed by atoms with Crippen LogP contribution < -0.4 is 0 Å². The van der Waals surface area contributed by atoms with E-state index in [0.29, 0.717) is 26.2 Å². The van der Waals surface area contributed by atoms with Crippen LogP contribution in [-0.4, -0.2) is 25.6 Å². The summed E-state index contributed by atoms with van der Waals surface area (Å²) in [4.78, 5) is 10.5. The molecule has 0 heterocycles. The van der Waals surface area contributed by atoms with Crippen molar-refractivity contribution in [3.63, 3.8) is 0 Å². The lowest BCUT2D eigenvalue weighted by molar-refractivity contribution is -0.111. The predicted molar refractivity (Wildman–Crippen MR) is 66.7 cm³/mol. The van der Waals surface area contributed by atoms with E-state index in [2.05, 4.69) is 6.58 Å². The molecule has 0 aliphatic carbocycles. The van der Waals surface area contributed by atoms with Crippen molar-refractivity contribution in [3.8, 4) is 0 Å². The first kappa shape index (κ1) is 13.6. The van der Waals surface area contributed by atoms with Crippen LogP contribution in [0.1, 0.15) is 12.0 Å². The van der Waals surface area contributed by atoms with E-state index in [0.717, 1.165) is 11.8 Å². The standard InChI is InChI=1S/C14H18O3/c1-2-10-17-14(8-9-15)12-16-11-13-6-4-3-5-7-13/h2-7,9,14H,1,8,10-12H2/t14-/m0/s1. The van der Waals surface area contributed by atoms with Gasteiger partial charge in [0, 0.05) is 6.42 Å². The molecule has 0 unspecified atom stereocenters. The molecule has 0 amide bonds. The number of carbonyl (C=O) groups is 1. The molecule has 0 N–H and O–H groups in total. The summed E-state index contributed by atoms with van der Waals surface area (Å²) in [5, 5.41) is 0. The number of rotatable bonds is 9. The molecule has 0 saturated carbocycles. The molecule has 1 rings (SSSR count). The van der Waals surface area contributed by atoms with E-state index >= 15 is 0 Å². The van der Waals surface area contributed by atoms with Gasteiger partial charge in [-0.25, -0.2) is 0 Å². The van der Waals surface area contributed by atoms with Crippen LogP contribution in [0, 0.1) is 0 Å². The first-order valence-corrected chi connectivity index (χ1v) is 5.64. The fourth-order valence-electron chi connectivity index (χ4n) is 1.38. The van der Waals surface area contributed by atoms with Crippen LogP contribution in [0.3, 0.4) is 0 Å². The summed E-state index contributed by atoms with van der Waals surface area (Å²) in [7, 11) is 0. The van der Waals surface area contributed by atoms with Crippen molar-refractivity contribution < 1.29 is 14.3 Å². The largest absolute Gasteiger partial charge is 0.374 e. The molecule has 1 aromatic rings. The fourth-order valence-corrected chi connectivity index (χ4v) is 1.38. The number of aldehydes is 1. The molecule has 0 aliphatic rings. The zero-order chi connectivity index (χ0) is 12.3. The Kier molecular flexibility index (Phi) is 6.95. The molecule has 3 nitrogen and oxygen atoms in total. The van der Waals surface area contributed by atoms with E-state index < -0.39 is 0 Å². The number of hydrogen-bond acceptors (Lipinski definition) is 3. The summed E-state index contributed by atoms with van der Waals surface area (Å²) in [6.07, 6.45) is 2.67. The van der Waals surface area contributed by atoms with Gasteiger partial charge in [-0.15, -0.1) is 6.58 Å². The van der Waals surface area contributed by atoms with E-state index in [1.807, 2.05) is 30.3 Å². The summed E-state index contributed by atoms with van der Waals surface area (Å²) >= 11 is 0. The van der Waals surface area contributed by atoms with Gasteiger partial charge in [0.25, 0.3) is 0 Å². The summed E-state index contributed by atoms with van der Waals surface area (Å²) in [5.41, 5.74) is 1.11. The van der Waals surface area contributed by atoms with Crippen molar-refractivity contribution in [2.45, 2.75) is 19.1 Å². The molecule has 3 heteroatoms. The molecule has 0 fully saturated rings. The van der Waals surface area contributed by atoms with E-state index in [9.17, 15) is 4.79 Å². The number of benzene rings is 1. The highest BCUT2D eigenvalue weighted by molar-refractivity contribution is 5.50. The Morgan fingerprint density at radius 1 is 1.29 bits per heavy atom. The van der Waals surface area contributed by atoms with E-state index in [4.69, 9.17) is 9.47 Å². The van der Waals surface area contributed by atoms with Gasteiger partial charge < -0.3 is 14.3 Å². The summed E-state index contributed by atoms with van der Waals surface area (Å²) < 4.78 is 10.9. The predicted octanol–water partition coefficient (Wildman–Crippen LogP) is 2.36. The van der Waals surface area contributed by atoms with Crippen LogP contribution in [-0.2, 0) is 20.9 Å². The van der Waals surface area contributed by atoms with Gasteiger partial charge in [0.2, 0.25) is 0 Å². The maximum Gasteiger partial charge on any atom is 0.122 e. The molecular weight excluding hydrogens is 216 g/mol. The zero-order valence-electron chi connectivity index (χ0n) is 9.88. The van der Waals surface area contributed by atoms with Gasteiger partial charge in [-0.1, -0.05) is 36.4 Å². The lowest BCUT2D eigenvalue weighted by Crippen LogP contribution is -2.20. The summed E-state index contributed by atoms with van der Waals surface area (Å²) in [5.74, 6) is 0. The van der Waals surface area contributed by atoms with Gasteiger partial charge in [0.1, 0.15) is 6.29 Å². The molecule has 0 aromatic heterocycles. The Bertz CT molecular complexity index is 321. The molecule has 0 spiro atoms. The minimum atomic E-state index is -0.186. The van der Waals surface area contributed by atoms with E-state index in [1.165, 1.54) is 0 Å². The van der Waals surface area contributed by atoms with Gasteiger partial charge in [-0.05, 0) is 5.56 Å². The third-order valence-corrected chi connectivity index (χ3v) is 2.22. The molecule has 0 aliphatic heterocycles. The van der Waals surface area contributed by atoms with Crippen molar-refractivity contribution >= 4 is 6.29 Å². The monoisotopic (exact) mass is 234 g/mol. The van der Waals surface area contributed by atoms with Gasteiger partial charge in [0.15, 0.2) is 0 Å². The second kappa shape index (κ2) is 8.67. The minimum absolute atomic E-state index is 0.186. The first-order valence-electron chi connectivity index (χ1n) is 5.64. The highest BCUT2D eigenvalue weighted by atomic mass is 16.5. The number of carbonyl (C=O) groups excluding carboxylic acids is 1. The van der Waals surface area contributed by atoms with Crippen LogP contribution in [0.25, 0.3) is 0 Å². The molecule has 0 saturated heterocycles. The quantitative estimate of drug-likeness (QED) is 0.486.